The molecule has 0 spiro atoms. The monoisotopic (exact) mass is 407 g/mol. The minimum absolute atomic E-state index is 0.0333. The molecule has 0 radical (unpaired) electrons. The number of nitrogens with zero attached hydrogens (tertiary/aromatic N) is 1. The van der Waals surface area contributed by atoms with E-state index in [1.807, 2.05) is 45.0 Å². The molecule has 1 saturated heterocycles. The molecule has 1 unspecified atom stereocenters. The summed E-state index contributed by atoms with van der Waals surface area (Å²) in [6.45, 7) is 10.3. The number of benzene rings is 2. The molecule has 1 heterocycles. The summed E-state index contributed by atoms with van der Waals surface area (Å²) in [7, 11) is 0. The summed E-state index contributed by atoms with van der Waals surface area (Å²) >= 11 is 0. The second kappa shape index (κ2) is 9.79. The van der Waals surface area contributed by atoms with Crippen LogP contribution in [0.4, 0.5) is 11.4 Å². The SMILES string of the molecule is Cc1ccc(C(=O)NC(C(=O)Nc2ccc(N3CCC(C)CC3)cc2)C(C)C)cc1. The van der Waals surface area contributed by atoms with Crippen molar-refractivity contribution in [2.24, 2.45) is 11.8 Å². The van der Waals surface area contributed by atoms with Crippen LogP contribution in [0, 0.1) is 18.8 Å². The summed E-state index contributed by atoms with van der Waals surface area (Å²) in [5.74, 6) is 0.320. The second-order valence-corrected chi connectivity index (χ2v) is 8.77. The van der Waals surface area contributed by atoms with E-state index in [1.54, 1.807) is 12.1 Å². The quantitative estimate of drug-likeness (QED) is 0.734. The molecular weight excluding hydrogens is 374 g/mol. The fourth-order valence-corrected chi connectivity index (χ4v) is 3.71. The van der Waals surface area contributed by atoms with E-state index in [0.717, 1.165) is 30.3 Å². The molecule has 30 heavy (non-hydrogen) atoms. The van der Waals surface area contributed by atoms with E-state index in [2.05, 4.69) is 34.6 Å². The highest BCUT2D eigenvalue weighted by Gasteiger charge is 2.25. The molecule has 2 amide bonds. The predicted molar refractivity (Wildman–Crippen MR) is 123 cm³/mol. The first-order chi connectivity index (χ1) is 14.3. The molecule has 2 aromatic carbocycles. The van der Waals surface area contributed by atoms with E-state index >= 15 is 0 Å². The lowest BCUT2D eigenvalue weighted by molar-refractivity contribution is -0.118. The highest BCUT2D eigenvalue weighted by atomic mass is 16.2. The summed E-state index contributed by atoms with van der Waals surface area (Å²) in [5, 5.41) is 5.83. The number of aryl methyl sites for hydroxylation is 1. The third-order valence-electron chi connectivity index (χ3n) is 5.83. The van der Waals surface area contributed by atoms with Gasteiger partial charge in [0.1, 0.15) is 6.04 Å². The van der Waals surface area contributed by atoms with Gasteiger partial charge in [-0.1, -0.05) is 38.5 Å². The van der Waals surface area contributed by atoms with E-state index in [1.165, 1.54) is 18.5 Å². The van der Waals surface area contributed by atoms with Gasteiger partial charge in [-0.25, -0.2) is 0 Å². The third-order valence-corrected chi connectivity index (χ3v) is 5.83. The fourth-order valence-electron chi connectivity index (χ4n) is 3.71. The van der Waals surface area contributed by atoms with Crippen LogP contribution < -0.4 is 15.5 Å². The van der Waals surface area contributed by atoms with Gasteiger partial charge in [0.05, 0.1) is 0 Å². The number of amides is 2. The number of piperidine rings is 1. The normalized spacial score (nSPS) is 15.7. The lowest BCUT2D eigenvalue weighted by atomic mass is 9.99. The lowest BCUT2D eigenvalue weighted by Gasteiger charge is -2.32. The maximum Gasteiger partial charge on any atom is 0.251 e. The molecule has 5 heteroatoms. The Hall–Kier alpha value is -2.82. The summed E-state index contributed by atoms with van der Waals surface area (Å²) in [4.78, 5) is 27.8. The number of rotatable bonds is 6. The molecule has 0 saturated carbocycles. The van der Waals surface area contributed by atoms with Gasteiger partial charge in [-0.15, -0.1) is 0 Å². The summed E-state index contributed by atoms with van der Waals surface area (Å²) in [6.07, 6.45) is 2.43. The van der Waals surface area contributed by atoms with Gasteiger partial charge in [-0.3, -0.25) is 9.59 Å². The first-order valence-corrected chi connectivity index (χ1v) is 10.9. The number of carbonyl (C=O) groups is 2. The van der Waals surface area contributed by atoms with Gasteiger partial charge in [0.2, 0.25) is 5.91 Å². The first-order valence-electron chi connectivity index (χ1n) is 10.9. The van der Waals surface area contributed by atoms with E-state index < -0.39 is 6.04 Å². The van der Waals surface area contributed by atoms with E-state index in [0.29, 0.717) is 5.56 Å². The smallest absolute Gasteiger partial charge is 0.251 e. The standard InChI is InChI=1S/C25H33N3O2/c1-17(2)23(27-24(29)20-7-5-18(3)6-8-20)25(30)26-21-9-11-22(12-10-21)28-15-13-19(4)14-16-28/h5-12,17,19,23H,13-16H2,1-4H3,(H,26,30)(H,27,29). The molecule has 5 nitrogen and oxygen atoms in total. The van der Waals surface area contributed by atoms with Crippen molar-refractivity contribution >= 4 is 23.2 Å². The van der Waals surface area contributed by atoms with E-state index in [4.69, 9.17) is 0 Å². The van der Waals surface area contributed by atoms with Crippen LogP contribution in [0.25, 0.3) is 0 Å². The van der Waals surface area contributed by atoms with Gasteiger partial charge in [0, 0.05) is 30.0 Å². The minimum atomic E-state index is -0.609. The average Bonchev–Trinajstić information content (AvgIpc) is 2.73. The second-order valence-electron chi connectivity index (χ2n) is 8.77. The van der Waals surface area contributed by atoms with Crippen LogP contribution >= 0.6 is 0 Å². The molecule has 2 N–H and O–H groups in total. The zero-order chi connectivity index (χ0) is 21.7. The Labute approximate surface area is 179 Å². The van der Waals surface area contributed by atoms with Crippen LogP contribution in [-0.4, -0.2) is 30.9 Å². The topological polar surface area (TPSA) is 61.4 Å². The summed E-state index contributed by atoms with van der Waals surface area (Å²) in [6, 6.07) is 14.7. The molecule has 160 valence electrons. The van der Waals surface area contributed by atoms with Crippen molar-refractivity contribution in [3.63, 3.8) is 0 Å². The Morgan fingerprint density at radius 1 is 0.967 bits per heavy atom. The van der Waals surface area contributed by atoms with Crippen molar-refractivity contribution in [1.29, 1.82) is 0 Å². The molecule has 3 rings (SSSR count). The summed E-state index contributed by atoms with van der Waals surface area (Å²) < 4.78 is 0. The van der Waals surface area contributed by atoms with Gasteiger partial charge >= 0.3 is 0 Å². The molecule has 1 aliphatic heterocycles. The van der Waals surface area contributed by atoms with Gasteiger partial charge in [-0.2, -0.15) is 0 Å². The van der Waals surface area contributed by atoms with Crippen molar-refractivity contribution in [3.8, 4) is 0 Å². The van der Waals surface area contributed by atoms with Crippen LogP contribution in [0.3, 0.4) is 0 Å². The zero-order valence-electron chi connectivity index (χ0n) is 18.4. The highest BCUT2D eigenvalue weighted by molar-refractivity contribution is 6.01. The molecule has 1 atom stereocenters. The Bertz CT molecular complexity index is 851. The van der Waals surface area contributed by atoms with Gasteiger partial charge in [-0.05, 0) is 68.0 Å². The largest absolute Gasteiger partial charge is 0.372 e. The van der Waals surface area contributed by atoms with Gasteiger partial charge in [0.15, 0.2) is 0 Å². The van der Waals surface area contributed by atoms with Gasteiger partial charge in [0.25, 0.3) is 5.91 Å². The fraction of sp³-hybridized carbons (Fsp3) is 0.440. The maximum atomic E-state index is 12.9. The van der Waals surface area contributed by atoms with E-state index in [-0.39, 0.29) is 17.7 Å². The van der Waals surface area contributed by atoms with Crippen LogP contribution in [0.2, 0.25) is 0 Å². The average molecular weight is 408 g/mol. The highest BCUT2D eigenvalue weighted by Crippen LogP contribution is 2.24. The molecule has 1 fully saturated rings. The van der Waals surface area contributed by atoms with Crippen molar-refractivity contribution in [2.45, 2.75) is 46.6 Å². The molecule has 0 bridgehead atoms. The Balaban J connectivity index is 1.61. The van der Waals surface area contributed by atoms with Crippen molar-refractivity contribution in [2.75, 3.05) is 23.3 Å². The van der Waals surface area contributed by atoms with Crippen LogP contribution in [-0.2, 0) is 4.79 Å². The van der Waals surface area contributed by atoms with Crippen LogP contribution in [0.1, 0.15) is 49.5 Å². The number of anilines is 2. The van der Waals surface area contributed by atoms with Crippen molar-refractivity contribution in [1.82, 2.24) is 5.32 Å². The summed E-state index contributed by atoms with van der Waals surface area (Å²) in [5.41, 5.74) is 3.57. The number of hydrogen-bond acceptors (Lipinski definition) is 3. The van der Waals surface area contributed by atoms with Crippen LogP contribution in [0.15, 0.2) is 48.5 Å². The number of hydrogen-bond donors (Lipinski definition) is 2. The molecule has 0 aromatic heterocycles. The molecule has 1 aliphatic rings. The first kappa shape index (κ1) is 21.9. The molecule has 0 aliphatic carbocycles. The maximum absolute atomic E-state index is 12.9. The Kier molecular flexibility index (Phi) is 7.14. The third kappa shape index (κ3) is 5.62. The lowest BCUT2D eigenvalue weighted by Crippen LogP contribution is -2.47. The number of carbonyl (C=O) groups excluding carboxylic acids is 2. The Morgan fingerprint density at radius 2 is 1.57 bits per heavy atom. The minimum Gasteiger partial charge on any atom is -0.372 e. The van der Waals surface area contributed by atoms with Crippen molar-refractivity contribution in [3.05, 3.63) is 59.7 Å². The van der Waals surface area contributed by atoms with Crippen LogP contribution in [0.5, 0.6) is 0 Å². The molecular formula is C25H33N3O2. The zero-order valence-corrected chi connectivity index (χ0v) is 18.4. The predicted octanol–water partition coefficient (Wildman–Crippen LogP) is 4.62. The number of nitrogens with one attached hydrogen (secondary N) is 2. The Morgan fingerprint density at radius 3 is 2.13 bits per heavy atom. The van der Waals surface area contributed by atoms with Gasteiger partial charge < -0.3 is 15.5 Å². The molecule has 2 aromatic rings. The van der Waals surface area contributed by atoms with E-state index in [9.17, 15) is 9.59 Å². The van der Waals surface area contributed by atoms with Crippen molar-refractivity contribution < 1.29 is 9.59 Å².